The van der Waals surface area contributed by atoms with E-state index in [1.807, 2.05) is 6.07 Å². The fraction of sp³-hybridized carbons (Fsp3) is 0.421. The predicted molar refractivity (Wildman–Crippen MR) is 93.7 cm³/mol. The SMILES string of the molecule is CC1(c2ccc(C#N)cc2)NC(=O)N(CC(=O)NC2(C#N)CCCC2)C1=O. The average Bonchev–Trinajstić information content (AvgIpc) is 3.21. The van der Waals surface area contributed by atoms with E-state index in [1.54, 1.807) is 31.2 Å². The molecule has 1 aliphatic carbocycles. The lowest BCUT2D eigenvalue weighted by atomic mass is 9.91. The van der Waals surface area contributed by atoms with Crippen molar-refractivity contribution in [3.8, 4) is 12.1 Å². The molecule has 1 atom stereocenters. The van der Waals surface area contributed by atoms with Gasteiger partial charge in [-0.25, -0.2) is 4.79 Å². The number of hydrogen-bond acceptors (Lipinski definition) is 5. The fourth-order valence-electron chi connectivity index (χ4n) is 3.61. The minimum absolute atomic E-state index is 0.439. The average molecular weight is 365 g/mol. The number of carbonyl (C=O) groups excluding carboxylic acids is 3. The second-order valence-electron chi connectivity index (χ2n) is 7.08. The van der Waals surface area contributed by atoms with Crippen LogP contribution in [0.3, 0.4) is 0 Å². The first-order chi connectivity index (χ1) is 12.8. The third-order valence-corrected chi connectivity index (χ3v) is 5.22. The van der Waals surface area contributed by atoms with Crippen LogP contribution in [0, 0.1) is 22.7 Å². The Hall–Kier alpha value is -3.39. The molecular formula is C19H19N5O3. The first kappa shape index (κ1) is 18.4. The molecule has 27 heavy (non-hydrogen) atoms. The minimum atomic E-state index is -1.31. The summed E-state index contributed by atoms with van der Waals surface area (Å²) in [5, 5.41) is 23.5. The summed E-state index contributed by atoms with van der Waals surface area (Å²) < 4.78 is 0. The largest absolute Gasteiger partial charge is 0.336 e. The molecule has 8 heteroatoms. The molecule has 1 saturated heterocycles. The number of rotatable bonds is 4. The third kappa shape index (κ3) is 3.22. The van der Waals surface area contributed by atoms with E-state index in [0.717, 1.165) is 17.7 Å². The molecule has 1 aromatic rings. The lowest BCUT2D eigenvalue weighted by Crippen LogP contribution is -2.50. The van der Waals surface area contributed by atoms with Crippen LogP contribution in [0.4, 0.5) is 4.79 Å². The molecule has 8 nitrogen and oxygen atoms in total. The Bertz CT molecular complexity index is 874. The Morgan fingerprint density at radius 3 is 2.41 bits per heavy atom. The summed E-state index contributed by atoms with van der Waals surface area (Å²) in [7, 11) is 0. The first-order valence-corrected chi connectivity index (χ1v) is 8.71. The van der Waals surface area contributed by atoms with Crippen molar-refractivity contribution < 1.29 is 14.4 Å². The van der Waals surface area contributed by atoms with Crippen molar-refractivity contribution in [1.29, 1.82) is 10.5 Å². The third-order valence-electron chi connectivity index (χ3n) is 5.22. The van der Waals surface area contributed by atoms with Crippen LogP contribution in [-0.4, -0.2) is 34.8 Å². The van der Waals surface area contributed by atoms with Gasteiger partial charge < -0.3 is 10.6 Å². The second kappa shape index (κ2) is 6.73. The Kier molecular flexibility index (Phi) is 4.59. The molecule has 3 rings (SSSR count). The van der Waals surface area contributed by atoms with E-state index in [0.29, 0.717) is 24.0 Å². The molecular weight excluding hydrogens is 346 g/mol. The van der Waals surface area contributed by atoms with Crippen molar-refractivity contribution in [3.63, 3.8) is 0 Å². The lowest BCUT2D eigenvalue weighted by molar-refractivity contribution is -0.135. The number of urea groups is 1. The first-order valence-electron chi connectivity index (χ1n) is 8.71. The smallest absolute Gasteiger partial charge is 0.325 e. The summed E-state index contributed by atoms with van der Waals surface area (Å²) in [6.07, 6.45) is 2.85. The van der Waals surface area contributed by atoms with Crippen molar-refractivity contribution in [2.75, 3.05) is 6.54 Å². The monoisotopic (exact) mass is 365 g/mol. The summed E-state index contributed by atoms with van der Waals surface area (Å²) in [5.74, 6) is -1.09. The van der Waals surface area contributed by atoms with Gasteiger partial charge in [-0.05, 0) is 50.3 Å². The van der Waals surface area contributed by atoms with Crippen LogP contribution in [0.2, 0.25) is 0 Å². The standard InChI is InChI=1S/C19H19N5O3/c1-18(14-6-4-13(10-20)5-7-14)16(26)24(17(27)23-18)11-15(25)22-19(12-21)8-2-3-9-19/h4-7H,2-3,8-9,11H2,1H3,(H,22,25)(H,23,27). The molecule has 0 aromatic heterocycles. The maximum atomic E-state index is 12.8. The molecule has 2 fully saturated rings. The molecule has 0 radical (unpaired) electrons. The van der Waals surface area contributed by atoms with E-state index < -0.39 is 35.5 Å². The molecule has 1 saturated carbocycles. The molecule has 0 bridgehead atoms. The number of nitrogens with zero attached hydrogens (tertiary/aromatic N) is 3. The Morgan fingerprint density at radius 1 is 1.22 bits per heavy atom. The molecule has 4 amide bonds. The normalized spacial score (nSPS) is 23.4. The molecule has 2 aliphatic rings. The van der Waals surface area contributed by atoms with Gasteiger partial charge in [-0.1, -0.05) is 12.1 Å². The Labute approximate surface area is 156 Å². The molecule has 1 unspecified atom stereocenters. The number of nitrogens with one attached hydrogen (secondary N) is 2. The van der Waals surface area contributed by atoms with E-state index in [1.165, 1.54) is 0 Å². The van der Waals surface area contributed by atoms with Gasteiger partial charge in [0, 0.05) is 0 Å². The van der Waals surface area contributed by atoms with Gasteiger partial charge in [0.15, 0.2) is 0 Å². The van der Waals surface area contributed by atoms with Crippen molar-refractivity contribution >= 4 is 17.8 Å². The molecule has 0 spiro atoms. The zero-order valence-electron chi connectivity index (χ0n) is 14.9. The van der Waals surface area contributed by atoms with Gasteiger partial charge in [0.25, 0.3) is 5.91 Å². The van der Waals surface area contributed by atoms with Crippen molar-refractivity contribution in [1.82, 2.24) is 15.5 Å². The van der Waals surface area contributed by atoms with Crippen molar-refractivity contribution in [2.45, 2.75) is 43.7 Å². The van der Waals surface area contributed by atoms with Gasteiger partial charge in [0.05, 0.1) is 17.7 Å². The fourth-order valence-corrected chi connectivity index (χ4v) is 3.61. The van der Waals surface area contributed by atoms with Crippen molar-refractivity contribution in [3.05, 3.63) is 35.4 Å². The summed E-state index contributed by atoms with van der Waals surface area (Å²) in [5.41, 5.74) is -1.26. The number of amides is 4. The molecule has 2 N–H and O–H groups in total. The highest BCUT2D eigenvalue weighted by atomic mass is 16.2. The summed E-state index contributed by atoms with van der Waals surface area (Å²) >= 11 is 0. The zero-order valence-corrected chi connectivity index (χ0v) is 14.9. The Morgan fingerprint density at radius 2 is 1.85 bits per heavy atom. The summed E-state index contributed by atoms with van der Waals surface area (Å²) in [6.45, 7) is 1.11. The topological polar surface area (TPSA) is 126 Å². The maximum absolute atomic E-state index is 12.8. The summed E-state index contributed by atoms with van der Waals surface area (Å²) in [6, 6.07) is 9.80. The number of imide groups is 1. The lowest BCUT2D eigenvalue weighted by Gasteiger charge is -2.24. The minimum Gasteiger partial charge on any atom is -0.336 e. The highest BCUT2D eigenvalue weighted by Gasteiger charge is 2.49. The maximum Gasteiger partial charge on any atom is 0.325 e. The van der Waals surface area contributed by atoms with Gasteiger partial charge in [-0.2, -0.15) is 10.5 Å². The van der Waals surface area contributed by atoms with Crippen LogP contribution < -0.4 is 10.6 Å². The van der Waals surface area contributed by atoms with Gasteiger partial charge in [0.1, 0.15) is 17.6 Å². The quantitative estimate of drug-likeness (QED) is 0.777. The van der Waals surface area contributed by atoms with E-state index in [9.17, 15) is 19.6 Å². The molecule has 1 heterocycles. The van der Waals surface area contributed by atoms with E-state index >= 15 is 0 Å². The zero-order chi connectivity index (χ0) is 19.7. The van der Waals surface area contributed by atoms with Crippen LogP contribution >= 0.6 is 0 Å². The van der Waals surface area contributed by atoms with Gasteiger partial charge in [0.2, 0.25) is 5.91 Å². The number of benzene rings is 1. The summed E-state index contributed by atoms with van der Waals surface area (Å²) in [4.78, 5) is 38.4. The van der Waals surface area contributed by atoms with Crippen LogP contribution in [0.25, 0.3) is 0 Å². The second-order valence-corrected chi connectivity index (χ2v) is 7.08. The molecule has 1 aliphatic heterocycles. The number of hydrogen-bond donors (Lipinski definition) is 2. The predicted octanol–water partition coefficient (Wildman–Crippen LogP) is 1.28. The van der Waals surface area contributed by atoms with Crippen molar-refractivity contribution in [2.24, 2.45) is 0 Å². The number of nitriles is 2. The van der Waals surface area contributed by atoms with Gasteiger partial charge in [-0.3, -0.25) is 14.5 Å². The molecule has 138 valence electrons. The Balaban J connectivity index is 1.75. The highest BCUT2D eigenvalue weighted by molar-refractivity contribution is 6.09. The van der Waals surface area contributed by atoms with Gasteiger partial charge in [-0.15, -0.1) is 0 Å². The van der Waals surface area contributed by atoms with Gasteiger partial charge >= 0.3 is 6.03 Å². The number of carbonyl (C=O) groups is 3. The van der Waals surface area contributed by atoms with Crippen LogP contribution in [0.1, 0.15) is 43.7 Å². The van der Waals surface area contributed by atoms with E-state index in [2.05, 4.69) is 16.7 Å². The van der Waals surface area contributed by atoms with E-state index in [-0.39, 0.29) is 0 Å². The van der Waals surface area contributed by atoms with E-state index in [4.69, 9.17) is 5.26 Å². The highest BCUT2D eigenvalue weighted by Crippen LogP contribution is 2.30. The van der Waals surface area contributed by atoms with Crippen LogP contribution in [0.15, 0.2) is 24.3 Å². The molecule has 1 aromatic carbocycles. The van der Waals surface area contributed by atoms with Crippen LogP contribution in [-0.2, 0) is 15.1 Å². The van der Waals surface area contributed by atoms with Crippen LogP contribution in [0.5, 0.6) is 0 Å².